The molecule has 2 rings (SSSR count). The first-order valence-electron chi connectivity index (χ1n) is 6.56. The van der Waals surface area contributed by atoms with Gasteiger partial charge in [-0.3, -0.25) is 14.4 Å². The summed E-state index contributed by atoms with van der Waals surface area (Å²) in [6.07, 6.45) is 0.186. The number of likely N-dealkylation sites (tertiary alicyclic amines) is 1. The van der Waals surface area contributed by atoms with Gasteiger partial charge in [0.15, 0.2) is 5.78 Å². The van der Waals surface area contributed by atoms with Gasteiger partial charge in [-0.25, -0.2) is 0 Å². The number of ether oxygens (including phenoxy) is 2. The van der Waals surface area contributed by atoms with Gasteiger partial charge in [0, 0.05) is 6.54 Å². The molecule has 0 N–H and O–H groups in total. The molecule has 0 saturated carbocycles. The van der Waals surface area contributed by atoms with Crippen LogP contribution in [0, 0.1) is 5.92 Å². The maximum Gasteiger partial charge on any atom is 0.318 e. The number of esters is 1. The van der Waals surface area contributed by atoms with Crippen LogP contribution in [0.4, 0.5) is 0 Å². The van der Waals surface area contributed by atoms with Gasteiger partial charge in [0.1, 0.15) is 11.7 Å². The van der Waals surface area contributed by atoms with Gasteiger partial charge >= 0.3 is 5.97 Å². The Labute approximate surface area is 122 Å². The standard InChI is InChI=1S/C15H17NO5/c1-20-11-5-3-10(4-6-11)7-14(18)16-8-12(13(17)9-16)15(19)21-2/h3-6,12H,7-9H2,1-2H3. The molecule has 6 heteroatoms. The maximum absolute atomic E-state index is 12.2. The molecule has 21 heavy (non-hydrogen) atoms. The van der Waals surface area contributed by atoms with Crippen LogP contribution in [0.1, 0.15) is 5.56 Å². The lowest BCUT2D eigenvalue weighted by Gasteiger charge is -2.15. The van der Waals surface area contributed by atoms with Gasteiger partial charge in [0.25, 0.3) is 0 Å². The molecule has 0 bridgehead atoms. The Bertz CT molecular complexity index is 552. The second kappa shape index (κ2) is 6.39. The van der Waals surface area contributed by atoms with Crippen molar-refractivity contribution in [2.45, 2.75) is 6.42 Å². The van der Waals surface area contributed by atoms with Crippen LogP contribution in [0.2, 0.25) is 0 Å². The molecule has 0 radical (unpaired) electrons. The second-order valence-electron chi connectivity index (χ2n) is 4.84. The zero-order valence-corrected chi connectivity index (χ0v) is 12.0. The summed E-state index contributed by atoms with van der Waals surface area (Å²) in [6, 6.07) is 7.14. The van der Waals surface area contributed by atoms with Crippen LogP contribution in [0.25, 0.3) is 0 Å². The van der Waals surface area contributed by atoms with Crippen molar-refractivity contribution in [1.29, 1.82) is 0 Å². The molecule has 112 valence electrons. The summed E-state index contributed by atoms with van der Waals surface area (Å²) >= 11 is 0. The molecule has 1 aromatic rings. The van der Waals surface area contributed by atoms with Gasteiger partial charge < -0.3 is 14.4 Å². The molecule has 1 saturated heterocycles. The van der Waals surface area contributed by atoms with Crippen molar-refractivity contribution in [3.8, 4) is 5.75 Å². The summed E-state index contributed by atoms with van der Waals surface area (Å²) in [6.45, 7) is 0.0647. The normalized spacial score (nSPS) is 17.7. The van der Waals surface area contributed by atoms with E-state index in [0.717, 1.165) is 5.56 Å². The smallest absolute Gasteiger partial charge is 0.318 e. The van der Waals surface area contributed by atoms with Crippen molar-refractivity contribution in [3.63, 3.8) is 0 Å². The van der Waals surface area contributed by atoms with Gasteiger partial charge in [-0.2, -0.15) is 0 Å². The minimum Gasteiger partial charge on any atom is -0.497 e. The predicted molar refractivity (Wildman–Crippen MR) is 73.8 cm³/mol. The zero-order chi connectivity index (χ0) is 15.4. The van der Waals surface area contributed by atoms with Crippen LogP contribution in [0.3, 0.4) is 0 Å². The Morgan fingerprint density at radius 1 is 1.24 bits per heavy atom. The van der Waals surface area contributed by atoms with Crippen LogP contribution in [0.15, 0.2) is 24.3 Å². The molecule has 1 aromatic carbocycles. The summed E-state index contributed by atoms with van der Waals surface area (Å²) < 4.78 is 9.61. The van der Waals surface area contributed by atoms with E-state index in [1.807, 2.05) is 0 Å². The Morgan fingerprint density at radius 2 is 1.90 bits per heavy atom. The molecular formula is C15H17NO5. The van der Waals surface area contributed by atoms with Gasteiger partial charge in [0.05, 0.1) is 27.2 Å². The van der Waals surface area contributed by atoms with E-state index < -0.39 is 11.9 Å². The highest BCUT2D eigenvalue weighted by Gasteiger charge is 2.38. The summed E-state index contributed by atoms with van der Waals surface area (Å²) in [5.74, 6) is -1.17. The average Bonchev–Trinajstić information content (AvgIpc) is 2.89. The Hall–Kier alpha value is -2.37. The molecule has 1 heterocycles. The Balaban J connectivity index is 1.97. The van der Waals surface area contributed by atoms with E-state index in [4.69, 9.17) is 4.74 Å². The second-order valence-corrected chi connectivity index (χ2v) is 4.84. The number of ketones is 1. The van der Waals surface area contributed by atoms with E-state index in [0.29, 0.717) is 5.75 Å². The SMILES string of the molecule is COC(=O)C1CN(C(=O)Cc2ccc(OC)cc2)CC1=O. The first-order valence-corrected chi connectivity index (χ1v) is 6.56. The number of hydrogen-bond donors (Lipinski definition) is 0. The molecule has 1 atom stereocenters. The predicted octanol–water partition coefficient (Wildman–Crippen LogP) is 0.438. The fourth-order valence-electron chi connectivity index (χ4n) is 2.25. The number of hydrogen-bond acceptors (Lipinski definition) is 5. The lowest BCUT2D eigenvalue weighted by molar-refractivity contribution is -0.147. The van der Waals surface area contributed by atoms with Gasteiger partial charge in [-0.15, -0.1) is 0 Å². The van der Waals surface area contributed by atoms with Crippen LogP contribution >= 0.6 is 0 Å². The number of methoxy groups -OCH3 is 2. The molecule has 1 aliphatic rings. The highest BCUT2D eigenvalue weighted by Crippen LogP contribution is 2.17. The minimum absolute atomic E-state index is 0.0330. The summed E-state index contributed by atoms with van der Waals surface area (Å²) in [7, 11) is 2.81. The highest BCUT2D eigenvalue weighted by atomic mass is 16.5. The molecule has 0 aliphatic carbocycles. The number of carbonyl (C=O) groups excluding carboxylic acids is 3. The third-order valence-electron chi connectivity index (χ3n) is 3.49. The van der Waals surface area contributed by atoms with E-state index in [9.17, 15) is 14.4 Å². The molecule has 0 aromatic heterocycles. The topological polar surface area (TPSA) is 72.9 Å². The van der Waals surface area contributed by atoms with Crippen LogP contribution in [-0.4, -0.2) is 49.9 Å². The molecule has 1 unspecified atom stereocenters. The molecular weight excluding hydrogens is 274 g/mol. The van der Waals surface area contributed by atoms with Gasteiger partial charge in [-0.1, -0.05) is 12.1 Å². The maximum atomic E-state index is 12.2. The van der Waals surface area contributed by atoms with E-state index in [2.05, 4.69) is 4.74 Å². The third kappa shape index (κ3) is 3.39. The highest BCUT2D eigenvalue weighted by molar-refractivity contribution is 6.04. The quantitative estimate of drug-likeness (QED) is 0.594. The van der Waals surface area contributed by atoms with Crippen LogP contribution in [-0.2, 0) is 25.5 Å². The van der Waals surface area contributed by atoms with Crippen LogP contribution in [0.5, 0.6) is 5.75 Å². The van der Waals surface area contributed by atoms with E-state index >= 15 is 0 Å². The molecule has 1 aliphatic heterocycles. The van der Waals surface area contributed by atoms with Crippen LogP contribution < -0.4 is 4.74 Å². The lowest BCUT2D eigenvalue weighted by atomic mass is 10.1. The lowest BCUT2D eigenvalue weighted by Crippen LogP contribution is -2.31. The molecule has 1 fully saturated rings. The number of rotatable bonds is 4. The Kier molecular flexibility index (Phi) is 4.57. The van der Waals surface area contributed by atoms with Crippen molar-refractivity contribution < 1.29 is 23.9 Å². The summed E-state index contributed by atoms with van der Waals surface area (Å²) in [5.41, 5.74) is 0.828. The minimum atomic E-state index is -0.852. The third-order valence-corrected chi connectivity index (χ3v) is 3.49. The van der Waals surface area contributed by atoms with Crippen molar-refractivity contribution in [2.75, 3.05) is 27.3 Å². The number of carbonyl (C=O) groups is 3. The number of Topliss-reactive ketones (excluding diaryl/α,β-unsaturated/α-hetero) is 1. The first kappa shape index (κ1) is 15.0. The van der Waals surface area contributed by atoms with Crippen molar-refractivity contribution in [3.05, 3.63) is 29.8 Å². The molecule has 0 spiro atoms. The van der Waals surface area contributed by atoms with Gasteiger partial charge in [0.2, 0.25) is 5.91 Å². The summed E-state index contributed by atoms with van der Waals surface area (Å²) in [5, 5.41) is 0. The molecule has 1 amide bonds. The van der Waals surface area contributed by atoms with Gasteiger partial charge in [-0.05, 0) is 17.7 Å². The van der Waals surface area contributed by atoms with Crippen molar-refractivity contribution in [1.82, 2.24) is 4.90 Å². The molecule has 6 nitrogen and oxygen atoms in total. The van der Waals surface area contributed by atoms with E-state index in [-0.39, 0.29) is 31.2 Å². The van der Waals surface area contributed by atoms with E-state index in [1.54, 1.807) is 31.4 Å². The summed E-state index contributed by atoms with van der Waals surface area (Å²) in [4.78, 5) is 36.7. The number of amides is 1. The van der Waals surface area contributed by atoms with Crippen molar-refractivity contribution >= 4 is 17.7 Å². The fraction of sp³-hybridized carbons (Fsp3) is 0.400. The number of nitrogens with zero attached hydrogens (tertiary/aromatic N) is 1. The number of benzene rings is 1. The fourth-order valence-corrected chi connectivity index (χ4v) is 2.25. The van der Waals surface area contributed by atoms with E-state index in [1.165, 1.54) is 12.0 Å². The monoisotopic (exact) mass is 291 g/mol. The average molecular weight is 291 g/mol. The zero-order valence-electron chi connectivity index (χ0n) is 12.0. The Morgan fingerprint density at radius 3 is 2.48 bits per heavy atom. The largest absolute Gasteiger partial charge is 0.497 e. The van der Waals surface area contributed by atoms with Crippen molar-refractivity contribution in [2.24, 2.45) is 5.92 Å². The first-order chi connectivity index (χ1) is 10.0.